The Morgan fingerprint density at radius 1 is 0.603 bits per heavy atom. The van der Waals surface area contributed by atoms with Gasteiger partial charge in [0.25, 0.3) is 23.7 Å². The van der Waals surface area contributed by atoms with Crippen LogP contribution in [0.3, 0.4) is 0 Å². The molecule has 6 amide bonds. The van der Waals surface area contributed by atoms with Gasteiger partial charge in [0.1, 0.15) is 11.1 Å². The molecule has 15 nitrogen and oxygen atoms in total. The van der Waals surface area contributed by atoms with Gasteiger partial charge >= 0.3 is 12.2 Å². The number of primary amides is 2. The van der Waals surface area contributed by atoms with Crippen molar-refractivity contribution in [2.75, 3.05) is 18.0 Å². The van der Waals surface area contributed by atoms with Crippen molar-refractivity contribution in [3.05, 3.63) is 101 Å². The summed E-state index contributed by atoms with van der Waals surface area (Å²) >= 11 is 0. The quantitative estimate of drug-likeness (QED) is 0.163. The molecule has 8 N–H and O–H groups in total. The zero-order valence-electron chi connectivity index (χ0n) is 34.9. The number of nitrogens with one attached hydrogen (secondary N) is 2. The van der Waals surface area contributed by atoms with Crippen molar-refractivity contribution in [2.24, 2.45) is 34.1 Å². The zero-order chi connectivity index (χ0) is 46.2. The molecule has 0 aromatic heterocycles. The summed E-state index contributed by atoms with van der Waals surface area (Å²) in [5, 5.41) is 23.8. The molecule has 4 aliphatic carbocycles. The number of amides is 6. The van der Waals surface area contributed by atoms with Gasteiger partial charge < -0.3 is 26.6 Å². The van der Waals surface area contributed by atoms with E-state index < -0.39 is 120 Å². The minimum absolute atomic E-state index is 0.00637. The number of imide groups is 2. The maximum absolute atomic E-state index is 16.8. The Balaban J connectivity index is 1.57. The zero-order valence-corrected chi connectivity index (χ0v) is 34.9. The number of carbonyl (C=O) groups excluding carboxylic acids is 4. The van der Waals surface area contributed by atoms with E-state index in [1.165, 1.54) is 81.1 Å². The maximum Gasteiger partial charge on any atom is 0.411 e. The van der Waals surface area contributed by atoms with Crippen LogP contribution in [-0.4, -0.2) is 93.1 Å². The van der Waals surface area contributed by atoms with Crippen LogP contribution in [0.1, 0.15) is 62.8 Å². The van der Waals surface area contributed by atoms with E-state index in [4.69, 9.17) is 11.5 Å². The Labute approximate surface area is 359 Å². The number of benzene rings is 3. The van der Waals surface area contributed by atoms with Gasteiger partial charge in [-0.15, -0.1) is 0 Å². The third-order valence-corrected chi connectivity index (χ3v) is 14.1. The van der Waals surface area contributed by atoms with E-state index in [0.29, 0.717) is 11.1 Å². The van der Waals surface area contributed by atoms with E-state index in [9.17, 15) is 29.4 Å². The predicted octanol–water partition coefficient (Wildman–Crippen LogP) is 4.57. The average Bonchev–Trinajstić information content (AvgIpc) is 3.66. The molecule has 2 heterocycles. The molecule has 0 radical (unpaired) electrons. The highest BCUT2D eigenvalue weighted by Gasteiger charge is 2.71. The molecule has 0 saturated carbocycles. The fraction of sp³-hybridized carbons (Fsp3) is 0.455. The monoisotopic (exact) mass is 879 g/mol. The molecule has 2 fully saturated rings. The number of carbonyl (C=O) groups is 6. The van der Waals surface area contributed by atoms with Gasteiger partial charge in [-0.1, -0.05) is 94.4 Å². The van der Waals surface area contributed by atoms with Gasteiger partial charge in [0.05, 0.1) is 25.4 Å². The van der Waals surface area contributed by atoms with Gasteiger partial charge in [-0.05, 0) is 47.2 Å². The van der Waals surface area contributed by atoms with Gasteiger partial charge in [0, 0.05) is 41.2 Å². The normalized spacial score (nSPS) is 29.1. The number of para-hydroxylation sites is 1. The number of alkyl halides is 4. The Morgan fingerprint density at radius 3 is 1.27 bits per heavy atom. The number of carboxylic acid groups (broad SMARTS) is 2. The van der Waals surface area contributed by atoms with E-state index in [1.807, 2.05) is 10.6 Å². The van der Waals surface area contributed by atoms with Crippen molar-refractivity contribution in [2.45, 2.75) is 88.6 Å². The van der Waals surface area contributed by atoms with Gasteiger partial charge in [0.2, 0.25) is 11.8 Å². The third-order valence-electron chi connectivity index (χ3n) is 14.1. The molecule has 19 heteroatoms. The largest absolute Gasteiger partial charge is 0.465 e. The van der Waals surface area contributed by atoms with Crippen molar-refractivity contribution < 1.29 is 56.5 Å². The SMILES string of the molecule is CC1(C)C(C(N)=O)Cc2ccc(cc2)[C@@]1(C(=O)NC(=O)O)N1CC(F)(F)C[C@@H]1N(c1ccccc1)[C@H]1CC(F)(F)CN1[C@]1(C(=O)NC(=O)O)c2ccc(cc2)CC(C(N)=O)C1(C)C. The van der Waals surface area contributed by atoms with Gasteiger partial charge in [-0.3, -0.25) is 39.6 Å². The summed E-state index contributed by atoms with van der Waals surface area (Å²) in [6, 6.07) is 19.6. The minimum Gasteiger partial charge on any atom is -0.465 e. The van der Waals surface area contributed by atoms with Crippen LogP contribution < -0.4 is 27.0 Å². The van der Waals surface area contributed by atoms with Crippen LogP contribution in [0.2, 0.25) is 0 Å². The fourth-order valence-electron chi connectivity index (χ4n) is 11.4. The lowest BCUT2D eigenvalue weighted by molar-refractivity contribution is -0.157. The summed E-state index contributed by atoms with van der Waals surface area (Å²) in [5.41, 5.74) is 4.60. The third kappa shape index (κ3) is 7.04. The van der Waals surface area contributed by atoms with Gasteiger partial charge in [-0.2, -0.15) is 0 Å². The van der Waals surface area contributed by atoms with Crippen molar-refractivity contribution >= 4 is 41.5 Å². The molecular formula is C44H49F4N7O8. The number of nitrogens with zero attached hydrogens (tertiary/aromatic N) is 3. The molecule has 2 saturated heterocycles. The Hall–Kier alpha value is -6.08. The predicted molar refractivity (Wildman–Crippen MR) is 218 cm³/mol. The molecule has 2 unspecified atom stereocenters. The summed E-state index contributed by atoms with van der Waals surface area (Å²) in [7, 11) is 0. The van der Waals surface area contributed by atoms with Crippen molar-refractivity contribution in [1.82, 2.24) is 20.4 Å². The lowest BCUT2D eigenvalue weighted by Gasteiger charge is -2.59. The highest BCUT2D eigenvalue weighted by molar-refractivity contribution is 6.00. The fourth-order valence-corrected chi connectivity index (χ4v) is 11.4. The molecule has 6 aliphatic rings. The number of halogens is 4. The van der Waals surface area contributed by atoms with Crippen LogP contribution in [0, 0.1) is 22.7 Å². The lowest BCUT2D eigenvalue weighted by Crippen LogP contribution is -2.73. The first-order valence-electron chi connectivity index (χ1n) is 20.3. The van der Waals surface area contributed by atoms with Crippen LogP contribution in [0.4, 0.5) is 32.8 Å². The summed E-state index contributed by atoms with van der Waals surface area (Å²) in [6.07, 6.45) is -9.84. The highest BCUT2D eigenvalue weighted by atomic mass is 19.3. The maximum atomic E-state index is 16.8. The second-order valence-electron chi connectivity index (χ2n) is 18.2. The topological polar surface area (TPSA) is 229 Å². The Bertz CT molecular complexity index is 2210. The first-order chi connectivity index (χ1) is 29.3. The molecule has 4 bridgehead atoms. The van der Waals surface area contributed by atoms with Crippen LogP contribution in [0.25, 0.3) is 0 Å². The number of fused-ring (bicyclic) bond motifs is 10. The van der Waals surface area contributed by atoms with E-state index in [0.717, 1.165) is 9.80 Å². The first-order valence-corrected chi connectivity index (χ1v) is 20.3. The van der Waals surface area contributed by atoms with Crippen LogP contribution in [0.15, 0.2) is 78.9 Å². The first kappa shape index (κ1) is 45.0. The smallest absolute Gasteiger partial charge is 0.411 e. The van der Waals surface area contributed by atoms with E-state index in [-0.39, 0.29) is 29.7 Å². The van der Waals surface area contributed by atoms with E-state index in [1.54, 1.807) is 30.3 Å². The van der Waals surface area contributed by atoms with Crippen molar-refractivity contribution in [3.8, 4) is 0 Å². The number of likely N-dealkylation sites (tertiary alicyclic amines) is 2. The van der Waals surface area contributed by atoms with Gasteiger partial charge in [-0.25, -0.2) is 27.2 Å². The molecule has 3 aromatic rings. The summed E-state index contributed by atoms with van der Waals surface area (Å²) in [6.45, 7) is 3.21. The molecule has 0 spiro atoms. The van der Waals surface area contributed by atoms with Gasteiger partial charge in [0.15, 0.2) is 0 Å². The van der Waals surface area contributed by atoms with Crippen molar-refractivity contribution in [1.29, 1.82) is 0 Å². The van der Waals surface area contributed by atoms with Crippen LogP contribution in [0.5, 0.6) is 0 Å². The molecule has 9 rings (SSSR count). The van der Waals surface area contributed by atoms with Crippen molar-refractivity contribution in [3.63, 3.8) is 0 Å². The second-order valence-corrected chi connectivity index (χ2v) is 18.2. The minimum atomic E-state index is -3.73. The number of hydrogen-bond acceptors (Lipinski definition) is 9. The van der Waals surface area contributed by atoms with E-state index in [2.05, 4.69) is 0 Å². The second kappa shape index (κ2) is 15.3. The summed E-state index contributed by atoms with van der Waals surface area (Å²) in [5.74, 6) is -14.6. The number of anilines is 1. The summed E-state index contributed by atoms with van der Waals surface area (Å²) < 4.78 is 67.2. The molecule has 336 valence electrons. The highest BCUT2D eigenvalue weighted by Crippen LogP contribution is 2.59. The molecule has 3 aromatic carbocycles. The standard InChI is InChI=1S/C44H49F4N7O8/c1-39(2)29(33(49)56)18-24-10-14-26(15-11-24)43(39,35(58)51-37(60)61)53-22-41(45,46)20-31(53)55(28-8-6-5-7-9-28)32-21-42(47,48)23-54(32)44(36(59)52-38(62)63)27-16-12-25(13-17-27)19-30(34(50)57)40(44,3)4/h5-17,29-32H,18-23H2,1-4H3,(H2,49,56)(H2,50,57)(H,51,58)(H,52,59)(H,60,61)(H,62,63)/t29?,30?,31-,32-,43-,44-/m0/s1. The Kier molecular flexibility index (Phi) is 10.9. The molecule has 2 aliphatic heterocycles. The number of hydrogen-bond donors (Lipinski definition) is 6. The molecular weight excluding hydrogens is 831 g/mol. The molecule has 63 heavy (non-hydrogen) atoms. The van der Waals surface area contributed by atoms with Crippen LogP contribution in [-0.2, 0) is 43.1 Å². The van der Waals surface area contributed by atoms with E-state index >= 15 is 27.2 Å². The summed E-state index contributed by atoms with van der Waals surface area (Å²) in [4.78, 5) is 85.1. The lowest BCUT2D eigenvalue weighted by atomic mass is 9.57. The average molecular weight is 880 g/mol. The number of nitrogens with two attached hydrogens (primary N) is 2. The van der Waals surface area contributed by atoms with Crippen LogP contribution >= 0.6 is 0 Å². The number of rotatable bonds is 9. The molecule has 6 atom stereocenters. The Morgan fingerprint density at radius 2 is 0.952 bits per heavy atom.